The van der Waals surface area contributed by atoms with Crippen LogP contribution in [0.2, 0.25) is 0 Å². The van der Waals surface area contributed by atoms with Crippen LogP contribution in [-0.2, 0) is 0 Å². The first-order chi connectivity index (χ1) is 9.11. The first-order valence-electron chi connectivity index (χ1n) is 5.66. The van der Waals surface area contributed by atoms with Crippen molar-refractivity contribution < 1.29 is 4.79 Å². The molecule has 2 aromatic rings. The van der Waals surface area contributed by atoms with Gasteiger partial charge in [0.15, 0.2) is 0 Å². The number of carbonyl (C=O) groups excluding carboxylic acids is 1. The number of nitrogens with one attached hydrogen (secondary N) is 1. The first-order valence-corrected chi connectivity index (χ1v) is 7.26. The summed E-state index contributed by atoms with van der Waals surface area (Å²) >= 11 is 5.07. The van der Waals surface area contributed by atoms with Crippen LogP contribution in [0.5, 0.6) is 0 Å². The molecule has 3 nitrogen and oxygen atoms in total. The number of benzene rings is 2. The molecule has 0 aliphatic rings. The summed E-state index contributed by atoms with van der Waals surface area (Å²) in [6, 6.07) is 13.3. The predicted octanol–water partition coefficient (Wildman–Crippen LogP) is 3.54. The Morgan fingerprint density at radius 1 is 1.21 bits per heavy atom. The van der Waals surface area contributed by atoms with E-state index in [0.29, 0.717) is 11.3 Å². The van der Waals surface area contributed by atoms with Gasteiger partial charge in [-0.2, -0.15) is 0 Å². The minimum atomic E-state index is -0.135. The fourth-order valence-electron chi connectivity index (χ4n) is 1.57. The lowest BCUT2D eigenvalue weighted by Crippen LogP contribution is -2.17. The maximum Gasteiger partial charge on any atom is 0.251 e. The van der Waals surface area contributed by atoms with Crippen molar-refractivity contribution in [1.29, 1.82) is 0 Å². The molecule has 98 valence electrons. The van der Waals surface area contributed by atoms with E-state index >= 15 is 0 Å². The maximum atomic E-state index is 11.5. The summed E-state index contributed by atoms with van der Waals surface area (Å²) in [5.41, 5.74) is 7.16. The van der Waals surface area contributed by atoms with Gasteiger partial charge in [-0.3, -0.25) is 4.79 Å². The summed E-state index contributed by atoms with van der Waals surface area (Å²) in [5, 5.41) is 2.58. The zero-order chi connectivity index (χ0) is 13.8. The number of nitrogens with two attached hydrogens (primary N) is 1. The summed E-state index contributed by atoms with van der Waals surface area (Å²) in [6.07, 6.45) is 0. The molecule has 0 aromatic heterocycles. The number of anilines is 1. The molecule has 0 aliphatic carbocycles. The van der Waals surface area contributed by atoms with Crippen LogP contribution in [0.1, 0.15) is 10.4 Å². The number of hydrogen-bond donors (Lipinski definition) is 2. The zero-order valence-electron chi connectivity index (χ0n) is 10.3. The minimum Gasteiger partial charge on any atom is -0.398 e. The summed E-state index contributed by atoms with van der Waals surface area (Å²) < 4.78 is 1.02. The molecule has 0 bridgehead atoms. The number of carbonyl (C=O) groups is 1. The van der Waals surface area contributed by atoms with E-state index in [-0.39, 0.29) is 5.91 Å². The highest BCUT2D eigenvalue weighted by Gasteiger charge is 2.08. The Hall–Kier alpha value is -1.46. The molecule has 0 radical (unpaired) electrons. The van der Waals surface area contributed by atoms with E-state index in [1.165, 1.54) is 0 Å². The van der Waals surface area contributed by atoms with Crippen molar-refractivity contribution in [1.82, 2.24) is 5.32 Å². The summed E-state index contributed by atoms with van der Waals surface area (Å²) in [4.78, 5) is 13.5. The van der Waals surface area contributed by atoms with Gasteiger partial charge in [0, 0.05) is 32.6 Å². The van der Waals surface area contributed by atoms with Crippen LogP contribution >= 0.6 is 27.7 Å². The lowest BCUT2D eigenvalue weighted by atomic mass is 10.2. The third kappa shape index (κ3) is 3.30. The van der Waals surface area contributed by atoms with Gasteiger partial charge in [0.2, 0.25) is 0 Å². The Morgan fingerprint density at radius 3 is 2.58 bits per heavy atom. The molecule has 0 aliphatic heterocycles. The van der Waals surface area contributed by atoms with Gasteiger partial charge in [0.1, 0.15) is 0 Å². The largest absolute Gasteiger partial charge is 0.398 e. The average molecular weight is 337 g/mol. The van der Waals surface area contributed by atoms with Gasteiger partial charge in [-0.05, 0) is 46.3 Å². The van der Waals surface area contributed by atoms with Crippen molar-refractivity contribution in [3.63, 3.8) is 0 Å². The second-order valence-electron chi connectivity index (χ2n) is 3.86. The molecule has 2 aromatic carbocycles. The van der Waals surface area contributed by atoms with E-state index in [1.54, 1.807) is 30.9 Å². The highest BCUT2D eigenvalue weighted by atomic mass is 79.9. The molecule has 2 rings (SSSR count). The Kier molecular flexibility index (Phi) is 4.50. The highest BCUT2D eigenvalue weighted by Crippen LogP contribution is 2.36. The fraction of sp³-hybridized carbons (Fsp3) is 0.0714. The molecule has 0 spiro atoms. The summed E-state index contributed by atoms with van der Waals surface area (Å²) in [6.45, 7) is 0. The van der Waals surface area contributed by atoms with Gasteiger partial charge in [-0.15, -0.1) is 0 Å². The van der Waals surface area contributed by atoms with Crippen molar-refractivity contribution in [2.45, 2.75) is 9.79 Å². The standard InChI is InChI=1S/C14H13BrN2OS/c1-17-14(18)9-6-7-13(11(16)8-9)19-12-5-3-2-4-10(12)15/h2-8H,16H2,1H3,(H,17,18). The van der Waals surface area contributed by atoms with Crippen LogP contribution in [0.4, 0.5) is 5.69 Å². The molecule has 3 N–H and O–H groups in total. The molecule has 0 saturated carbocycles. The smallest absolute Gasteiger partial charge is 0.251 e. The van der Waals surface area contributed by atoms with E-state index in [0.717, 1.165) is 14.3 Å². The Morgan fingerprint density at radius 2 is 1.95 bits per heavy atom. The van der Waals surface area contributed by atoms with E-state index in [1.807, 2.05) is 30.3 Å². The molecule has 0 heterocycles. The molecule has 1 amide bonds. The van der Waals surface area contributed by atoms with Crippen LogP contribution in [0.15, 0.2) is 56.7 Å². The van der Waals surface area contributed by atoms with Crippen LogP contribution in [0, 0.1) is 0 Å². The molecular weight excluding hydrogens is 324 g/mol. The number of rotatable bonds is 3. The Labute approximate surface area is 124 Å². The van der Waals surface area contributed by atoms with Crippen molar-refractivity contribution in [2.75, 3.05) is 12.8 Å². The van der Waals surface area contributed by atoms with E-state index in [2.05, 4.69) is 21.2 Å². The van der Waals surface area contributed by atoms with Crippen LogP contribution in [0.3, 0.4) is 0 Å². The third-order valence-electron chi connectivity index (χ3n) is 2.56. The molecule has 5 heteroatoms. The van der Waals surface area contributed by atoms with Crippen LogP contribution < -0.4 is 11.1 Å². The van der Waals surface area contributed by atoms with Crippen molar-refractivity contribution in [3.05, 3.63) is 52.5 Å². The maximum absolute atomic E-state index is 11.5. The number of halogens is 1. The quantitative estimate of drug-likeness (QED) is 0.843. The summed E-state index contributed by atoms with van der Waals surface area (Å²) in [7, 11) is 1.60. The molecular formula is C14H13BrN2OS. The van der Waals surface area contributed by atoms with Crippen molar-refractivity contribution in [3.8, 4) is 0 Å². The molecule has 19 heavy (non-hydrogen) atoms. The van der Waals surface area contributed by atoms with Gasteiger partial charge in [-0.1, -0.05) is 23.9 Å². The van der Waals surface area contributed by atoms with Crippen LogP contribution in [0.25, 0.3) is 0 Å². The van der Waals surface area contributed by atoms with E-state index < -0.39 is 0 Å². The topological polar surface area (TPSA) is 55.1 Å². The Bertz CT molecular complexity index is 616. The monoisotopic (exact) mass is 336 g/mol. The second-order valence-corrected chi connectivity index (χ2v) is 5.80. The molecule has 0 saturated heterocycles. The van der Waals surface area contributed by atoms with Gasteiger partial charge in [0.25, 0.3) is 5.91 Å². The predicted molar refractivity (Wildman–Crippen MR) is 82.5 cm³/mol. The second kappa shape index (κ2) is 6.12. The number of hydrogen-bond acceptors (Lipinski definition) is 3. The zero-order valence-corrected chi connectivity index (χ0v) is 12.7. The van der Waals surface area contributed by atoms with E-state index in [9.17, 15) is 4.79 Å². The van der Waals surface area contributed by atoms with Crippen molar-refractivity contribution in [2.24, 2.45) is 0 Å². The van der Waals surface area contributed by atoms with Gasteiger partial charge in [0.05, 0.1) is 0 Å². The molecule has 0 atom stereocenters. The first kappa shape index (κ1) is 14.0. The van der Waals surface area contributed by atoms with Gasteiger partial charge < -0.3 is 11.1 Å². The third-order valence-corrected chi connectivity index (χ3v) is 4.68. The minimum absolute atomic E-state index is 0.135. The number of nitrogen functional groups attached to an aromatic ring is 1. The van der Waals surface area contributed by atoms with Crippen LogP contribution in [-0.4, -0.2) is 13.0 Å². The molecule has 0 fully saturated rings. The SMILES string of the molecule is CNC(=O)c1ccc(Sc2ccccc2Br)c(N)c1. The van der Waals surface area contributed by atoms with Crippen molar-refractivity contribution >= 4 is 39.3 Å². The lowest BCUT2D eigenvalue weighted by molar-refractivity contribution is 0.0963. The Balaban J connectivity index is 2.27. The van der Waals surface area contributed by atoms with Gasteiger partial charge in [-0.25, -0.2) is 0 Å². The lowest BCUT2D eigenvalue weighted by Gasteiger charge is -2.08. The van der Waals surface area contributed by atoms with Gasteiger partial charge >= 0.3 is 0 Å². The summed E-state index contributed by atoms with van der Waals surface area (Å²) in [5.74, 6) is -0.135. The molecule has 0 unspecified atom stereocenters. The number of amides is 1. The average Bonchev–Trinajstić information content (AvgIpc) is 2.42. The highest BCUT2D eigenvalue weighted by molar-refractivity contribution is 9.10. The van der Waals surface area contributed by atoms with E-state index in [4.69, 9.17) is 5.73 Å². The fourth-order valence-corrected chi connectivity index (χ4v) is 2.96. The normalized spacial score (nSPS) is 10.2.